The van der Waals surface area contributed by atoms with Gasteiger partial charge in [0.25, 0.3) is 0 Å². The number of nitrogens with one attached hydrogen (secondary N) is 1. The Bertz CT molecular complexity index is 722. The summed E-state index contributed by atoms with van der Waals surface area (Å²) in [5.74, 6) is 0. The van der Waals surface area contributed by atoms with E-state index in [2.05, 4.69) is 45.2 Å². The van der Waals surface area contributed by atoms with Crippen molar-refractivity contribution in [3.8, 4) is 0 Å². The van der Waals surface area contributed by atoms with Gasteiger partial charge in [0.05, 0.1) is 10.2 Å². The van der Waals surface area contributed by atoms with Crippen LogP contribution in [0.15, 0.2) is 16.6 Å². The molecule has 76 valence electrons. The average Bonchev–Trinajstić information content (AvgIpc) is 2.66. The van der Waals surface area contributed by atoms with Crippen LogP contribution in [0.5, 0.6) is 0 Å². The molecule has 1 N–H and O–H groups in total. The zero-order valence-electron chi connectivity index (χ0n) is 7.74. The van der Waals surface area contributed by atoms with Crippen molar-refractivity contribution < 1.29 is 0 Å². The number of nitrogens with zero attached hydrogens (tertiary/aromatic N) is 2. The van der Waals surface area contributed by atoms with E-state index >= 15 is 0 Å². The van der Waals surface area contributed by atoms with E-state index < -0.39 is 0 Å². The molecule has 0 aliphatic rings. The Morgan fingerprint density at radius 1 is 1.53 bits per heavy atom. The van der Waals surface area contributed by atoms with Crippen molar-refractivity contribution in [1.29, 1.82) is 0 Å². The first kappa shape index (κ1) is 9.50. The van der Waals surface area contributed by atoms with E-state index in [1.807, 2.05) is 4.40 Å². The van der Waals surface area contributed by atoms with Crippen molar-refractivity contribution in [3.63, 3.8) is 0 Å². The second-order valence-corrected chi connectivity index (χ2v) is 5.59. The highest BCUT2D eigenvalue weighted by molar-refractivity contribution is 9.10. The van der Waals surface area contributed by atoms with E-state index in [1.165, 1.54) is 10.3 Å². The number of aryl methyl sites for hydroxylation is 1. The molecule has 3 rings (SSSR count). The number of H-pyrrole nitrogens is 1. The van der Waals surface area contributed by atoms with Crippen molar-refractivity contribution in [2.24, 2.45) is 0 Å². The predicted molar refractivity (Wildman–Crippen MR) is 68.2 cm³/mol. The van der Waals surface area contributed by atoms with Crippen molar-refractivity contribution in [2.75, 3.05) is 0 Å². The molecular formula is C9H6BrN3S2. The van der Waals surface area contributed by atoms with Crippen molar-refractivity contribution in [1.82, 2.24) is 14.6 Å². The molecule has 2 aromatic heterocycles. The summed E-state index contributed by atoms with van der Waals surface area (Å²) in [6.45, 7) is 2.08. The molecule has 1 aromatic carbocycles. The van der Waals surface area contributed by atoms with Gasteiger partial charge in [0.1, 0.15) is 0 Å². The summed E-state index contributed by atoms with van der Waals surface area (Å²) >= 11 is 10.4. The van der Waals surface area contributed by atoms with Crippen LogP contribution >= 0.6 is 39.5 Å². The second-order valence-electron chi connectivity index (χ2n) is 3.34. The topological polar surface area (TPSA) is 33.1 Å². The molecule has 3 aromatic rings. The molecule has 0 aliphatic carbocycles. The Morgan fingerprint density at radius 2 is 2.33 bits per heavy atom. The Labute approximate surface area is 103 Å². The molecule has 0 aliphatic heterocycles. The molecule has 0 atom stereocenters. The van der Waals surface area contributed by atoms with E-state index in [0.29, 0.717) is 4.77 Å². The number of benzene rings is 1. The van der Waals surface area contributed by atoms with E-state index in [1.54, 1.807) is 11.3 Å². The van der Waals surface area contributed by atoms with Crippen LogP contribution in [0.2, 0.25) is 0 Å². The van der Waals surface area contributed by atoms with Crippen molar-refractivity contribution in [2.45, 2.75) is 6.92 Å². The lowest BCUT2D eigenvalue weighted by Crippen LogP contribution is -1.82. The number of hydrogen-bond acceptors (Lipinski definition) is 3. The molecule has 6 heteroatoms. The predicted octanol–water partition coefficient (Wildman–Crippen LogP) is 3.68. The van der Waals surface area contributed by atoms with Crippen LogP contribution < -0.4 is 0 Å². The van der Waals surface area contributed by atoms with Gasteiger partial charge in [0, 0.05) is 4.47 Å². The highest BCUT2D eigenvalue weighted by Gasteiger charge is 2.10. The van der Waals surface area contributed by atoms with Crippen molar-refractivity contribution in [3.05, 3.63) is 26.9 Å². The lowest BCUT2D eigenvalue weighted by molar-refractivity contribution is 1.09. The van der Waals surface area contributed by atoms with Crippen LogP contribution in [0.3, 0.4) is 0 Å². The van der Waals surface area contributed by atoms with Gasteiger partial charge in [-0.05, 0) is 52.8 Å². The van der Waals surface area contributed by atoms with Crippen LogP contribution in [0.1, 0.15) is 5.56 Å². The molecule has 0 bridgehead atoms. The normalized spacial score (nSPS) is 11.6. The zero-order valence-corrected chi connectivity index (χ0v) is 11.0. The van der Waals surface area contributed by atoms with E-state index in [4.69, 9.17) is 12.2 Å². The molecule has 0 saturated carbocycles. The maximum atomic E-state index is 5.19. The highest BCUT2D eigenvalue weighted by Crippen LogP contribution is 2.32. The quantitative estimate of drug-likeness (QED) is 0.642. The highest BCUT2D eigenvalue weighted by atomic mass is 79.9. The minimum atomic E-state index is 0.640. The summed E-state index contributed by atoms with van der Waals surface area (Å²) in [4.78, 5) is 0.904. The van der Waals surface area contributed by atoms with E-state index in [9.17, 15) is 0 Å². The minimum absolute atomic E-state index is 0.640. The molecule has 0 saturated heterocycles. The maximum Gasteiger partial charge on any atom is 0.215 e. The first-order valence-electron chi connectivity index (χ1n) is 4.32. The lowest BCUT2D eigenvalue weighted by Gasteiger charge is -1.97. The van der Waals surface area contributed by atoms with Gasteiger partial charge in [-0.25, -0.2) is 0 Å². The second kappa shape index (κ2) is 3.13. The van der Waals surface area contributed by atoms with Gasteiger partial charge in [-0.1, -0.05) is 11.3 Å². The summed E-state index contributed by atoms with van der Waals surface area (Å²) in [5, 5.41) is 6.97. The lowest BCUT2D eigenvalue weighted by atomic mass is 10.2. The summed E-state index contributed by atoms with van der Waals surface area (Å²) < 4.78 is 4.85. The molecule has 3 nitrogen and oxygen atoms in total. The standard InChI is InChI=1S/C9H6BrN3S2/c1-4-2-5(10)7-6(3-4)15-9-12-11-8(14)13(7)9/h2-3H,1H3,(H,11,14). The van der Waals surface area contributed by atoms with Crippen LogP contribution in [-0.4, -0.2) is 14.6 Å². The molecule has 2 heterocycles. The number of halogens is 1. The summed E-state index contributed by atoms with van der Waals surface area (Å²) in [6.07, 6.45) is 0. The van der Waals surface area contributed by atoms with Crippen LogP contribution in [0.4, 0.5) is 0 Å². The van der Waals surface area contributed by atoms with Crippen LogP contribution in [-0.2, 0) is 0 Å². The molecule has 0 fully saturated rings. The molecular weight excluding hydrogens is 294 g/mol. The minimum Gasteiger partial charge on any atom is -0.257 e. The summed E-state index contributed by atoms with van der Waals surface area (Å²) in [6, 6.07) is 4.23. The maximum absolute atomic E-state index is 5.19. The average molecular weight is 300 g/mol. The third-order valence-corrected chi connectivity index (χ3v) is 4.11. The molecule has 15 heavy (non-hydrogen) atoms. The Morgan fingerprint density at radius 3 is 3.13 bits per heavy atom. The van der Waals surface area contributed by atoms with Gasteiger partial charge in [-0.15, -0.1) is 5.10 Å². The smallest absolute Gasteiger partial charge is 0.215 e. The number of thiazole rings is 1. The van der Waals surface area contributed by atoms with Gasteiger partial charge >= 0.3 is 0 Å². The van der Waals surface area contributed by atoms with Gasteiger partial charge < -0.3 is 0 Å². The third kappa shape index (κ3) is 1.28. The molecule has 0 spiro atoms. The van der Waals surface area contributed by atoms with Crippen molar-refractivity contribution >= 4 is 54.7 Å². The third-order valence-electron chi connectivity index (χ3n) is 2.24. The first-order valence-corrected chi connectivity index (χ1v) is 6.34. The van der Waals surface area contributed by atoms with Gasteiger partial charge in [-0.2, -0.15) is 0 Å². The zero-order chi connectivity index (χ0) is 10.6. The summed E-state index contributed by atoms with van der Waals surface area (Å²) in [7, 11) is 0. The fourth-order valence-corrected chi connectivity index (χ4v) is 3.91. The first-order chi connectivity index (χ1) is 7.16. The monoisotopic (exact) mass is 299 g/mol. The molecule has 0 unspecified atom stereocenters. The molecule has 0 radical (unpaired) electrons. The van der Waals surface area contributed by atoms with Gasteiger partial charge in [0.15, 0.2) is 0 Å². The Hall–Kier alpha value is -0.720. The van der Waals surface area contributed by atoms with Gasteiger partial charge in [-0.3, -0.25) is 9.50 Å². The molecule has 0 amide bonds. The fourth-order valence-electron chi connectivity index (χ4n) is 1.64. The number of hydrogen-bond donors (Lipinski definition) is 1. The number of rotatable bonds is 0. The number of fused-ring (bicyclic) bond motifs is 3. The number of aromatic amines is 1. The Kier molecular flexibility index (Phi) is 1.99. The fraction of sp³-hybridized carbons (Fsp3) is 0.111. The van der Waals surface area contributed by atoms with Crippen LogP contribution in [0.25, 0.3) is 15.2 Å². The van der Waals surface area contributed by atoms with Crippen LogP contribution in [0, 0.1) is 11.7 Å². The SMILES string of the molecule is Cc1cc(Br)c2c(c1)sc1n[nH]c(=S)n12. The summed E-state index contributed by atoms with van der Waals surface area (Å²) in [5.41, 5.74) is 2.33. The number of aromatic nitrogens is 3. The van der Waals surface area contributed by atoms with E-state index in [0.717, 1.165) is 15.0 Å². The largest absolute Gasteiger partial charge is 0.257 e. The van der Waals surface area contributed by atoms with E-state index in [-0.39, 0.29) is 0 Å². The van der Waals surface area contributed by atoms with Gasteiger partial charge in [0.2, 0.25) is 9.73 Å². The Balaban J connectivity index is 2.69.